The Bertz CT molecular complexity index is 1900. The molecule has 0 bridgehead atoms. The molecule has 0 aromatic heterocycles. The van der Waals surface area contributed by atoms with Gasteiger partial charge >= 0.3 is 0 Å². The summed E-state index contributed by atoms with van der Waals surface area (Å²) in [7, 11) is 0. The maximum Gasteiger partial charge on any atom is 0.231 e. The van der Waals surface area contributed by atoms with Gasteiger partial charge in [0.1, 0.15) is 11.5 Å². The Morgan fingerprint density at radius 1 is 0.786 bits per heavy atom. The Kier molecular flexibility index (Phi) is 6.51. The smallest absolute Gasteiger partial charge is 0.231 e. The van der Waals surface area contributed by atoms with E-state index >= 15 is 0 Å². The number of carbonyl (C=O) groups excluding carboxylic acids is 2. The lowest BCUT2D eigenvalue weighted by molar-refractivity contribution is -0.120. The minimum Gasteiger partial charge on any atom is -0.507 e. The van der Waals surface area contributed by atoms with Crippen LogP contribution in [-0.2, 0) is 22.4 Å². The van der Waals surface area contributed by atoms with Crippen molar-refractivity contribution in [1.29, 1.82) is 0 Å². The van der Waals surface area contributed by atoms with Crippen LogP contribution in [0.3, 0.4) is 0 Å². The van der Waals surface area contributed by atoms with E-state index in [-0.39, 0.29) is 48.0 Å². The zero-order valence-electron chi connectivity index (χ0n) is 22.8. The highest BCUT2D eigenvalue weighted by Gasteiger charge is 2.36. The summed E-state index contributed by atoms with van der Waals surface area (Å²) in [5.74, 6) is 0.702. The number of carbonyl (C=O) groups is 2. The van der Waals surface area contributed by atoms with Crippen LogP contribution in [0.2, 0.25) is 0 Å². The number of benzene rings is 5. The zero-order chi connectivity index (χ0) is 29.0. The number of amides is 2. The number of aromatic hydroxyl groups is 2. The molecule has 2 aliphatic rings. The molecule has 42 heavy (non-hydrogen) atoms. The van der Waals surface area contributed by atoms with Crippen molar-refractivity contribution in [3.8, 4) is 11.5 Å². The Morgan fingerprint density at radius 2 is 1.40 bits per heavy atom. The van der Waals surface area contributed by atoms with Crippen molar-refractivity contribution in [3.05, 3.63) is 113 Å². The molecule has 210 valence electrons. The van der Waals surface area contributed by atoms with E-state index in [2.05, 4.69) is 5.32 Å². The number of halogens is 1. The van der Waals surface area contributed by atoms with Crippen molar-refractivity contribution in [1.82, 2.24) is 5.32 Å². The number of nitrogens with one attached hydrogen (secondary N) is 1. The standard InChI is InChI=1S/C35H29ClN2O4/c36-17-22-19-38(29-16-31(40)23-8-1-3-10-25(23)34(22)29)33(42)14-21-7-5-6-20(12-21)13-32(41)37-18-28-27-15-30(39)24-9-2-4-11-26(24)35(27)28/h1-12,15-16,22,28,39-40H,13-14,17-19H2,(H,37,41). The van der Waals surface area contributed by atoms with E-state index in [4.69, 9.17) is 11.6 Å². The second-order valence-electron chi connectivity index (χ2n) is 11.2. The van der Waals surface area contributed by atoms with Crippen molar-refractivity contribution in [2.75, 3.05) is 23.9 Å². The highest BCUT2D eigenvalue weighted by Crippen LogP contribution is 2.50. The topological polar surface area (TPSA) is 89.9 Å². The normalized spacial score (nSPS) is 16.8. The third-order valence-corrected chi connectivity index (χ3v) is 8.96. The Morgan fingerprint density at radius 3 is 2.10 bits per heavy atom. The van der Waals surface area contributed by atoms with Crippen LogP contribution in [0.5, 0.6) is 11.5 Å². The second kappa shape index (κ2) is 10.4. The van der Waals surface area contributed by atoms with Crippen LogP contribution in [0, 0.1) is 0 Å². The average molecular weight is 577 g/mol. The van der Waals surface area contributed by atoms with Crippen LogP contribution in [0.25, 0.3) is 21.5 Å². The van der Waals surface area contributed by atoms with Gasteiger partial charge < -0.3 is 20.4 Å². The van der Waals surface area contributed by atoms with Gasteiger partial charge in [0.15, 0.2) is 0 Å². The van der Waals surface area contributed by atoms with Crippen LogP contribution in [0.4, 0.5) is 5.69 Å². The first-order chi connectivity index (χ1) is 20.4. The van der Waals surface area contributed by atoms with E-state index in [0.29, 0.717) is 24.7 Å². The molecule has 7 heteroatoms. The van der Waals surface area contributed by atoms with Gasteiger partial charge in [-0.15, -0.1) is 11.6 Å². The maximum absolute atomic E-state index is 13.5. The predicted molar refractivity (Wildman–Crippen MR) is 166 cm³/mol. The largest absolute Gasteiger partial charge is 0.507 e. The van der Waals surface area contributed by atoms with Gasteiger partial charge in [-0.1, -0.05) is 72.8 Å². The van der Waals surface area contributed by atoms with Gasteiger partial charge in [0.2, 0.25) is 11.8 Å². The lowest BCUT2D eigenvalue weighted by atomic mass is 9.95. The van der Waals surface area contributed by atoms with Crippen molar-refractivity contribution in [3.63, 3.8) is 0 Å². The monoisotopic (exact) mass is 576 g/mol. The molecule has 3 N–H and O–H groups in total. The van der Waals surface area contributed by atoms with Crippen LogP contribution < -0.4 is 10.2 Å². The molecule has 0 saturated heterocycles. The molecule has 1 heterocycles. The number of hydrogen-bond donors (Lipinski definition) is 3. The molecular weight excluding hydrogens is 548 g/mol. The third-order valence-electron chi connectivity index (χ3n) is 8.58. The molecule has 5 aromatic carbocycles. The Labute approximate surface area is 248 Å². The molecule has 5 aromatic rings. The summed E-state index contributed by atoms with van der Waals surface area (Å²) in [6.07, 6.45) is 0.378. The Balaban J connectivity index is 1.02. The first-order valence-corrected chi connectivity index (χ1v) is 14.7. The second-order valence-corrected chi connectivity index (χ2v) is 11.5. The van der Waals surface area contributed by atoms with Gasteiger partial charge in [0, 0.05) is 47.6 Å². The van der Waals surface area contributed by atoms with Gasteiger partial charge in [-0.2, -0.15) is 0 Å². The van der Waals surface area contributed by atoms with E-state index in [0.717, 1.165) is 43.8 Å². The number of phenols is 2. The van der Waals surface area contributed by atoms with E-state index < -0.39 is 0 Å². The zero-order valence-corrected chi connectivity index (χ0v) is 23.6. The molecule has 0 spiro atoms. The summed E-state index contributed by atoms with van der Waals surface area (Å²) in [6.45, 7) is 0.946. The molecule has 6 nitrogen and oxygen atoms in total. The highest BCUT2D eigenvalue weighted by molar-refractivity contribution is 6.19. The quantitative estimate of drug-likeness (QED) is 0.204. The van der Waals surface area contributed by atoms with Crippen molar-refractivity contribution >= 4 is 50.6 Å². The fourth-order valence-electron chi connectivity index (χ4n) is 6.56. The predicted octanol–water partition coefficient (Wildman–Crippen LogP) is 6.12. The molecule has 0 fully saturated rings. The van der Waals surface area contributed by atoms with E-state index in [1.807, 2.05) is 72.8 Å². The first-order valence-electron chi connectivity index (χ1n) is 14.1. The molecule has 0 saturated carbocycles. The number of hydrogen-bond acceptors (Lipinski definition) is 4. The number of alkyl halides is 1. The summed E-state index contributed by atoms with van der Waals surface area (Å²) in [5.41, 5.74) is 5.62. The lowest BCUT2D eigenvalue weighted by Crippen LogP contribution is -2.31. The van der Waals surface area contributed by atoms with Gasteiger partial charge in [-0.3, -0.25) is 9.59 Å². The minimum atomic E-state index is -0.0920. The van der Waals surface area contributed by atoms with Crippen molar-refractivity contribution in [2.24, 2.45) is 0 Å². The van der Waals surface area contributed by atoms with Crippen LogP contribution >= 0.6 is 11.6 Å². The summed E-state index contributed by atoms with van der Waals surface area (Å²) in [5, 5.41) is 27.6. The molecule has 0 radical (unpaired) electrons. The highest BCUT2D eigenvalue weighted by atomic mass is 35.5. The Hall–Kier alpha value is -4.55. The van der Waals surface area contributed by atoms with Gasteiger partial charge in [-0.25, -0.2) is 0 Å². The van der Waals surface area contributed by atoms with Gasteiger partial charge in [0.25, 0.3) is 0 Å². The average Bonchev–Trinajstić information content (AvgIpc) is 3.56. The van der Waals surface area contributed by atoms with Gasteiger partial charge in [-0.05, 0) is 44.7 Å². The third kappa shape index (κ3) is 4.52. The summed E-state index contributed by atoms with van der Waals surface area (Å²) < 4.78 is 0. The minimum absolute atomic E-state index is 0.0225. The lowest BCUT2D eigenvalue weighted by Gasteiger charge is -2.19. The molecular formula is C35H29ClN2O4. The van der Waals surface area contributed by atoms with E-state index in [1.54, 1.807) is 17.0 Å². The maximum atomic E-state index is 13.5. The number of rotatable bonds is 7. The molecule has 2 amide bonds. The molecule has 1 aliphatic carbocycles. The van der Waals surface area contributed by atoms with Gasteiger partial charge in [0.05, 0.1) is 18.5 Å². The van der Waals surface area contributed by atoms with Crippen LogP contribution in [0.1, 0.15) is 39.7 Å². The first kappa shape index (κ1) is 26.4. The molecule has 1 aliphatic heterocycles. The fourth-order valence-corrected chi connectivity index (χ4v) is 6.81. The van der Waals surface area contributed by atoms with Crippen molar-refractivity contribution < 1.29 is 19.8 Å². The number of fused-ring (bicyclic) bond motifs is 6. The fraction of sp³-hybridized carbons (Fsp3) is 0.200. The molecule has 2 atom stereocenters. The molecule has 7 rings (SSSR count). The summed E-state index contributed by atoms with van der Waals surface area (Å²) >= 11 is 6.33. The van der Waals surface area contributed by atoms with E-state index in [1.165, 1.54) is 5.56 Å². The van der Waals surface area contributed by atoms with Crippen LogP contribution in [0.15, 0.2) is 84.9 Å². The molecule has 2 unspecified atom stereocenters. The number of phenolic OH excluding ortho intramolecular Hbond substituents is 2. The van der Waals surface area contributed by atoms with Crippen LogP contribution in [-0.4, -0.2) is 41.0 Å². The number of anilines is 1. The number of nitrogens with zero attached hydrogens (tertiary/aromatic N) is 1. The summed E-state index contributed by atoms with van der Waals surface area (Å²) in [4.78, 5) is 28.1. The SMILES string of the molecule is O=C(Cc1cccc(CC(=O)N2CC(CCl)c3c2cc(O)c2ccccc32)c1)NCC1c2cc(O)c3ccccc3c21. The summed E-state index contributed by atoms with van der Waals surface area (Å²) in [6, 6.07) is 26.4. The van der Waals surface area contributed by atoms with Crippen molar-refractivity contribution in [2.45, 2.75) is 24.7 Å². The van der Waals surface area contributed by atoms with E-state index in [9.17, 15) is 19.8 Å².